The summed E-state index contributed by atoms with van der Waals surface area (Å²) in [5, 5.41) is -0.349. The molecule has 0 aromatic heterocycles. The van der Waals surface area contributed by atoms with Crippen LogP contribution in [0.25, 0.3) is 0 Å². The van der Waals surface area contributed by atoms with Gasteiger partial charge < -0.3 is 14.2 Å². The van der Waals surface area contributed by atoms with Crippen LogP contribution in [0.2, 0.25) is 0 Å². The second kappa shape index (κ2) is 12.4. The number of hydrogen-bond acceptors (Lipinski definition) is 8. The molecule has 2 unspecified atom stereocenters. The van der Waals surface area contributed by atoms with Crippen molar-refractivity contribution < 1.29 is 33.4 Å². The maximum absolute atomic E-state index is 12.4. The molecular formula is C21H35NO7S. The van der Waals surface area contributed by atoms with E-state index < -0.39 is 11.5 Å². The van der Waals surface area contributed by atoms with Gasteiger partial charge in [0, 0.05) is 24.1 Å². The van der Waals surface area contributed by atoms with Gasteiger partial charge in [-0.3, -0.25) is 24.1 Å². The number of carbonyl (C=O) groups excluding carboxylic acids is 4. The molecule has 8 nitrogen and oxygen atoms in total. The Labute approximate surface area is 183 Å². The van der Waals surface area contributed by atoms with Crippen molar-refractivity contribution in [3.05, 3.63) is 0 Å². The number of carbonyl (C=O) groups is 4. The molecule has 0 aromatic carbocycles. The van der Waals surface area contributed by atoms with E-state index in [4.69, 9.17) is 14.2 Å². The number of ether oxygens (including phenoxy) is 3. The van der Waals surface area contributed by atoms with Crippen LogP contribution in [-0.2, 0) is 33.4 Å². The van der Waals surface area contributed by atoms with Crippen LogP contribution in [0.4, 0.5) is 0 Å². The SMILES string of the molecule is COC(=O)C(CC(=O)COCCOCCSC1CC(=O)N(C(C)(C)C)C1=O)C(C)C. The summed E-state index contributed by atoms with van der Waals surface area (Å²) in [4.78, 5) is 49.4. The number of hydrogen-bond donors (Lipinski definition) is 0. The second-order valence-corrected chi connectivity index (χ2v) is 9.89. The van der Waals surface area contributed by atoms with Crippen LogP contribution in [0.5, 0.6) is 0 Å². The van der Waals surface area contributed by atoms with Crippen molar-refractivity contribution in [2.45, 2.75) is 58.2 Å². The summed E-state index contributed by atoms with van der Waals surface area (Å²) >= 11 is 1.42. The van der Waals surface area contributed by atoms with Crippen molar-refractivity contribution in [3.8, 4) is 0 Å². The summed E-state index contributed by atoms with van der Waals surface area (Å²) < 4.78 is 15.5. The fourth-order valence-electron chi connectivity index (χ4n) is 3.14. The first-order valence-corrected chi connectivity index (χ1v) is 11.3. The lowest BCUT2D eigenvalue weighted by Crippen LogP contribution is -2.45. The third-order valence-electron chi connectivity index (χ3n) is 4.71. The zero-order chi connectivity index (χ0) is 22.9. The van der Waals surface area contributed by atoms with Crippen LogP contribution in [0.3, 0.4) is 0 Å². The highest BCUT2D eigenvalue weighted by Gasteiger charge is 2.44. The Bertz CT molecular complexity index is 615. The van der Waals surface area contributed by atoms with E-state index in [1.54, 1.807) is 0 Å². The smallest absolute Gasteiger partial charge is 0.309 e. The molecule has 1 rings (SSSR count). The highest BCUT2D eigenvalue weighted by molar-refractivity contribution is 8.00. The maximum atomic E-state index is 12.4. The number of amides is 2. The lowest BCUT2D eigenvalue weighted by molar-refractivity contribution is -0.149. The number of esters is 1. The van der Waals surface area contributed by atoms with Crippen LogP contribution >= 0.6 is 11.8 Å². The molecule has 30 heavy (non-hydrogen) atoms. The molecule has 0 spiro atoms. The number of thioether (sulfide) groups is 1. The van der Waals surface area contributed by atoms with Crippen molar-refractivity contribution >= 4 is 35.3 Å². The van der Waals surface area contributed by atoms with Gasteiger partial charge in [0.25, 0.3) is 0 Å². The first kappa shape index (κ1) is 26.6. The number of nitrogens with zero attached hydrogens (tertiary/aromatic N) is 1. The molecule has 1 aliphatic rings. The monoisotopic (exact) mass is 445 g/mol. The zero-order valence-corrected chi connectivity index (χ0v) is 19.7. The molecule has 0 aromatic rings. The predicted octanol–water partition coefficient (Wildman–Crippen LogP) is 2.08. The van der Waals surface area contributed by atoms with E-state index in [0.717, 1.165) is 0 Å². The Morgan fingerprint density at radius 3 is 2.30 bits per heavy atom. The van der Waals surface area contributed by atoms with Gasteiger partial charge >= 0.3 is 5.97 Å². The van der Waals surface area contributed by atoms with E-state index >= 15 is 0 Å². The summed E-state index contributed by atoms with van der Waals surface area (Å²) in [7, 11) is 1.31. The number of likely N-dealkylation sites (tertiary alicyclic amines) is 1. The fourth-order valence-corrected chi connectivity index (χ4v) is 4.15. The van der Waals surface area contributed by atoms with E-state index in [1.807, 2.05) is 34.6 Å². The average Bonchev–Trinajstić information content (AvgIpc) is 2.94. The Hall–Kier alpha value is -1.45. The van der Waals surface area contributed by atoms with Gasteiger partial charge in [-0.25, -0.2) is 0 Å². The molecule has 2 amide bonds. The topological polar surface area (TPSA) is 99.2 Å². The van der Waals surface area contributed by atoms with E-state index in [2.05, 4.69) is 0 Å². The molecule has 172 valence electrons. The Morgan fingerprint density at radius 2 is 1.77 bits per heavy atom. The molecule has 0 radical (unpaired) electrons. The lowest BCUT2D eigenvalue weighted by atomic mass is 9.91. The summed E-state index contributed by atoms with van der Waals surface area (Å²) in [5.74, 6) is -0.648. The standard InChI is InChI=1S/C21H35NO7S/c1-14(2)16(20(26)27-6)11-15(23)13-29-8-7-28-9-10-30-17-12-18(24)22(19(17)25)21(3,4)5/h14,16-17H,7-13H2,1-6H3. The number of imide groups is 1. The number of Topliss-reactive ketones (excluding diaryl/α,β-unsaturated/α-hetero) is 1. The van der Waals surface area contributed by atoms with Crippen LogP contribution in [-0.4, -0.2) is 78.5 Å². The second-order valence-electron chi connectivity index (χ2n) is 8.58. The quantitative estimate of drug-likeness (QED) is 0.241. The van der Waals surface area contributed by atoms with Gasteiger partial charge in [0.15, 0.2) is 5.78 Å². The molecule has 9 heteroatoms. The molecule has 2 atom stereocenters. The molecular weight excluding hydrogens is 410 g/mol. The Balaban J connectivity index is 2.15. The van der Waals surface area contributed by atoms with Gasteiger partial charge in [-0.1, -0.05) is 13.8 Å². The van der Waals surface area contributed by atoms with Crippen LogP contribution in [0, 0.1) is 11.8 Å². The number of rotatable bonds is 13. The van der Waals surface area contributed by atoms with Gasteiger partial charge in [-0.05, 0) is 26.7 Å². The van der Waals surface area contributed by atoms with Crippen LogP contribution in [0.15, 0.2) is 0 Å². The van der Waals surface area contributed by atoms with Gasteiger partial charge in [0.2, 0.25) is 11.8 Å². The third kappa shape index (κ3) is 8.35. The minimum Gasteiger partial charge on any atom is -0.469 e. The molecule has 0 aliphatic carbocycles. The summed E-state index contributed by atoms with van der Waals surface area (Å²) in [5.41, 5.74) is -0.499. The third-order valence-corrected chi connectivity index (χ3v) is 5.89. The fraction of sp³-hybridized carbons (Fsp3) is 0.810. The summed E-state index contributed by atoms with van der Waals surface area (Å²) in [6.07, 6.45) is 0.330. The summed E-state index contributed by atoms with van der Waals surface area (Å²) in [6.45, 7) is 10.2. The molecule has 0 bridgehead atoms. The molecule has 0 saturated carbocycles. The Morgan fingerprint density at radius 1 is 1.13 bits per heavy atom. The van der Waals surface area contributed by atoms with E-state index in [0.29, 0.717) is 19.0 Å². The Kier molecular flexibility index (Phi) is 11.0. The number of methoxy groups -OCH3 is 1. The first-order chi connectivity index (χ1) is 14.0. The average molecular weight is 446 g/mol. The minimum absolute atomic E-state index is 0.0137. The molecule has 0 N–H and O–H groups in total. The minimum atomic E-state index is -0.499. The molecule has 1 saturated heterocycles. The maximum Gasteiger partial charge on any atom is 0.309 e. The van der Waals surface area contributed by atoms with E-state index in [-0.39, 0.29) is 60.8 Å². The zero-order valence-electron chi connectivity index (χ0n) is 18.9. The highest BCUT2D eigenvalue weighted by atomic mass is 32.2. The normalized spacial score (nSPS) is 18.2. The van der Waals surface area contributed by atoms with Crippen molar-refractivity contribution in [2.75, 3.05) is 39.3 Å². The van der Waals surface area contributed by atoms with Gasteiger partial charge in [-0.2, -0.15) is 0 Å². The molecule has 1 aliphatic heterocycles. The van der Waals surface area contributed by atoms with Crippen molar-refractivity contribution in [3.63, 3.8) is 0 Å². The van der Waals surface area contributed by atoms with Crippen molar-refractivity contribution in [2.24, 2.45) is 11.8 Å². The first-order valence-electron chi connectivity index (χ1n) is 10.2. The predicted molar refractivity (Wildman–Crippen MR) is 114 cm³/mol. The van der Waals surface area contributed by atoms with E-state index in [9.17, 15) is 19.2 Å². The lowest BCUT2D eigenvalue weighted by Gasteiger charge is -2.30. The van der Waals surface area contributed by atoms with Crippen molar-refractivity contribution in [1.82, 2.24) is 4.90 Å². The summed E-state index contributed by atoms with van der Waals surface area (Å²) in [6, 6.07) is 0. The highest BCUT2D eigenvalue weighted by Crippen LogP contribution is 2.30. The van der Waals surface area contributed by atoms with E-state index in [1.165, 1.54) is 23.8 Å². The van der Waals surface area contributed by atoms with Gasteiger partial charge in [-0.15, -0.1) is 11.8 Å². The van der Waals surface area contributed by atoms with Crippen LogP contribution in [0.1, 0.15) is 47.5 Å². The van der Waals surface area contributed by atoms with Crippen molar-refractivity contribution in [1.29, 1.82) is 0 Å². The molecule has 1 fully saturated rings. The van der Waals surface area contributed by atoms with Crippen LogP contribution < -0.4 is 0 Å². The van der Waals surface area contributed by atoms with Gasteiger partial charge in [0.1, 0.15) is 6.61 Å². The van der Waals surface area contributed by atoms with Gasteiger partial charge in [0.05, 0.1) is 38.1 Å². The molecule has 1 heterocycles. The number of ketones is 1. The largest absolute Gasteiger partial charge is 0.469 e.